The number of benzene rings is 4. The molecule has 0 heterocycles. The first-order chi connectivity index (χ1) is 21.6. The number of rotatable bonds is 14. The molecular weight excluding hydrogens is 592 g/mol. The summed E-state index contributed by atoms with van der Waals surface area (Å²) >= 11 is 0. The average Bonchev–Trinajstić information content (AvgIpc) is 3.05. The fraction of sp³-hybridized carbons (Fsp3) is 0.235. The molecule has 0 saturated heterocycles. The molecule has 2 amide bonds. The molecular formula is C34H36N4O6S. The summed E-state index contributed by atoms with van der Waals surface area (Å²) in [4.78, 5) is 40.2. The third-order valence-electron chi connectivity index (χ3n) is 7.38. The molecule has 0 aliphatic heterocycles. The molecule has 0 aromatic heterocycles. The molecule has 0 radical (unpaired) electrons. The molecule has 4 rings (SSSR count). The number of aryl methyl sites for hydroxylation is 1. The molecule has 10 nitrogen and oxygen atoms in total. The number of carbonyl (C=O) groups excluding carboxylic acids is 2. The Hall–Kier alpha value is -5.03. The van der Waals surface area contributed by atoms with Gasteiger partial charge in [-0.15, -0.1) is 0 Å². The van der Waals surface area contributed by atoms with Crippen LogP contribution in [-0.4, -0.2) is 49.2 Å². The highest BCUT2D eigenvalue weighted by Crippen LogP contribution is 2.27. The van der Waals surface area contributed by atoms with E-state index in [1.807, 2.05) is 68.4 Å². The summed E-state index contributed by atoms with van der Waals surface area (Å²) in [6.45, 7) is 3.66. The normalized spacial score (nSPS) is 11.8. The quantitative estimate of drug-likeness (QED) is 0.150. The molecule has 11 heteroatoms. The third-order valence-corrected chi connectivity index (χ3v) is 9.17. The molecule has 0 aliphatic carbocycles. The van der Waals surface area contributed by atoms with Gasteiger partial charge in [-0.25, -0.2) is 8.42 Å². The molecule has 234 valence electrons. The molecule has 1 N–H and O–H groups in total. The molecule has 4 aromatic carbocycles. The lowest BCUT2D eigenvalue weighted by molar-refractivity contribution is -0.384. The van der Waals surface area contributed by atoms with E-state index in [9.17, 15) is 28.1 Å². The molecule has 0 aliphatic rings. The van der Waals surface area contributed by atoms with Gasteiger partial charge in [0.15, 0.2) is 0 Å². The summed E-state index contributed by atoms with van der Waals surface area (Å²) in [6.07, 6.45) is 0.899. The van der Waals surface area contributed by atoms with Gasteiger partial charge in [-0.05, 0) is 54.3 Å². The zero-order chi connectivity index (χ0) is 32.4. The first-order valence-corrected chi connectivity index (χ1v) is 16.0. The van der Waals surface area contributed by atoms with Crippen molar-refractivity contribution in [2.75, 3.05) is 17.4 Å². The first-order valence-electron chi connectivity index (χ1n) is 14.6. The van der Waals surface area contributed by atoms with Crippen LogP contribution in [0.15, 0.2) is 114 Å². The molecule has 0 fully saturated rings. The minimum absolute atomic E-state index is 0.0527. The minimum atomic E-state index is -4.30. The maximum Gasteiger partial charge on any atom is 0.269 e. The molecule has 0 unspecified atom stereocenters. The largest absolute Gasteiger partial charge is 0.354 e. The van der Waals surface area contributed by atoms with E-state index in [1.54, 1.807) is 18.2 Å². The number of non-ortho nitro benzene ring substituents is 1. The van der Waals surface area contributed by atoms with Crippen LogP contribution >= 0.6 is 0 Å². The fourth-order valence-electron chi connectivity index (χ4n) is 4.88. The minimum Gasteiger partial charge on any atom is -0.354 e. The van der Waals surface area contributed by atoms with E-state index in [1.165, 1.54) is 41.3 Å². The van der Waals surface area contributed by atoms with Gasteiger partial charge in [0.05, 0.1) is 15.5 Å². The van der Waals surface area contributed by atoms with Gasteiger partial charge in [0.25, 0.3) is 15.7 Å². The maximum absolute atomic E-state index is 14.4. The Labute approximate surface area is 263 Å². The number of hydrogen-bond donors (Lipinski definition) is 1. The zero-order valence-corrected chi connectivity index (χ0v) is 26.0. The van der Waals surface area contributed by atoms with E-state index in [0.29, 0.717) is 13.0 Å². The molecule has 0 saturated carbocycles. The van der Waals surface area contributed by atoms with Gasteiger partial charge in [0.1, 0.15) is 12.6 Å². The van der Waals surface area contributed by atoms with E-state index < -0.39 is 33.4 Å². The van der Waals surface area contributed by atoms with E-state index in [2.05, 4.69) is 5.32 Å². The second kappa shape index (κ2) is 15.1. The van der Waals surface area contributed by atoms with Crippen molar-refractivity contribution in [2.45, 2.75) is 44.2 Å². The Kier molecular flexibility index (Phi) is 11.0. The van der Waals surface area contributed by atoms with E-state index >= 15 is 0 Å². The van der Waals surface area contributed by atoms with E-state index in [4.69, 9.17) is 0 Å². The predicted molar refractivity (Wildman–Crippen MR) is 173 cm³/mol. The van der Waals surface area contributed by atoms with Crippen molar-refractivity contribution in [3.05, 3.63) is 136 Å². The van der Waals surface area contributed by atoms with Crippen molar-refractivity contribution in [3.8, 4) is 0 Å². The first kappa shape index (κ1) is 32.9. The van der Waals surface area contributed by atoms with Crippen LogP contribution in [0.1, 0.15) is 30.0 Å². The van der Waals surface area contributed by atoms with Crippen molar-refractivity contribution in [3.63, 3.8) is 0 Å². The van der Waals surface area contributed by atoms with Crippen LogP contribution in [0.25, 0.3) is 0 Å². The number of nitrogens with zero attached hydrogens (tertiary/aromatic N) is 3. The zero-order valence-electron chi connectivity index (χ0n) is 25.2. The second-order valence-corrected chi connectivity index (χ2v) is 12.4. The number of nitro benzene ring substituents is 1. The van der Waals surface area contributed by atoms with Crippen molar-refractivity contribution in [1.82, 2.24) is 10.2 Å². The summed E-state index contributed by atoms with van der Waals surface area (Å²) < 4.78 is 28.9. The highest BCUT2D eigenvalue weighted by Gasteiger charge is 2.34. The number of nitro groups is 1. The van der Waals surface area contributed by atoms with Crippen molar-refractivity contribution in [2.24, 2.45) is 0 Å². The lowest BCUT2D eigenvalue weighted by atomic mass is 10.0. The number of amides is 2. The molecule has 4 aromatic rings. The van der Waals surface area contributed by atoms with Gasteiger partial charge in [-0.1, -0.05) is 79.7 Å². The van der Waals surface area contributed by atoms with Gasteiger partial charge in [0.2, 0.25) is 11.8 Å². The predicted octanol–water partition coefficient (Wildman–Crippen LogP) is 5.26. The number of hydrogen-bond acceptors (Lipinski definition) is 6. The number of sulfonamides is 1. The van der Waals surface area contributed by atoms with Crippen LogP contribution in [0.2, 0.25) is 0 Å². The van der Waals surface area contributed by atoms with E-state index in [0.717, 1.165) is 21.0 Å². The van der Waals surface area contributed by atoms with Crippen LogP contribution in [-0.2, 0) is 32.6 Å². The van der Waals surface area contributed by atoms with Gasteiger partial charge in [-0.3, -0.25) is 24.0 Å². The summed E-state index contributed by atoms with van der Waals surface area (Å²) in [5.41, 5.74) is 2.40. The SMILES string of the molecule is CCCNC(=O)[C@H](Cc1ccccc1)N(Cc1ccccc1C)C(=O)CN(c1ccc([N+](=O)[O-])cc1)S(=O)(=O)c1ccccc1. The molecule has 0 bridgehead atoms. The number of nitrogens with one attached hydrogen (secondary N) is 1. The topological polar surface area (TPSA) is 130 Å². The molecule has 0 spiro atoms. The van der Waals surface area contributed by atoms with Gasteiger partial charge >= 0.3 is 0 Å². The van der Waals surface area contributed by atoms with Crippen molar-refractivity contribution < 1.29 is 22.9 Å². The van der Waals surface area contributed by atoms with Crippen LogP contribution in [0.4, 0.5) is 11.4 Å². The van der Waals surface area contributed by atoms with Crippen LogP contribution < -0.4 is 9.62 Å². The Morgan fingerprint density at radius 2 is 1.47 bits per heavy atom. The summed E-state index contributed by atoms with van der Waals surface area (Å²) in [7, 11) is -4.30. The fourth-order valence-corrected chi connectivity index (χ4v) is 6.32. The van der Waals surface area contributed by atoms with Crippen molar-refractivity contribution >= 4 is 33.2 Å². The summed E-state index contributed by atoms with van der Waals surface area (Å²) in [5, 5.41) is 14.2. The summed E-state index contributed by atoms with van der Waals surface area (Å²) in [6, 6.07) is 28.5. The Bertz CT molecular complexity index is 1710. The highest BCUT2D eigenvalue weighted by atomic mass is 32.2. The molecule has 1 atom stereocenters. The van der Waals surface area contributed by atoms with Gasteiger partial charge < -0.3 is 10.2 Å². The average molecular weight is 629 g/mol. The van der Waals surface area contributed by atoms with Gasteiger partial charge in [-0.2, -0.15) is 0 Å². The molecule has 45 heavy (non-hydrogen) atoms. The monoisotopic (exact) mass is 628 g/mol. The lowest BCUT2D eigenvalue weighted by Gasteiger charge is -2.34. The second-order valence-electron chi connectivity index (χ2n) is 10.5. The van der Waals surface area contributed by atoms with Crippen LogP contribution in [0, 0.1) is 17.0 Å². The highest BCUT2D eigenvalue weighted by molar-refractivity contribution is 7.92. The standard InChI is InChI=1S/C34H36N4O6S/c1-3-22-35-34(40)32(23-27-13-6-4-7-14-27)36(24-28-15-11-10-12-26(28)2)33(39)25-37(29-18-20-30(21-19-29)38(41)42)45(43,44)31-16-8-5-9-17-31/h4-21,32H,3,22-25H2,1-2H3,(H,35,40)/t32-/m0/s1. The number of anilines is 1. The maximum atomic E-state index is 14.4. The summed E-state index contributed by atoms with van der Waals surface area (Å²) in [5.74, 6) is -0.959. The Morgan fingerprint density at radius 3 is 2.07 bits per heavy atom. The van der Waals surface area contributed by atoms with Crippen LogP contribution in [0.5, 0.6) is 0 Å². The van der Waals surface area contributed by atoms with E-state index in [-0.39, 0.29) is 35.1 Å². The Balaban J connectivity index is 1.81. The van der Waals surface area contributed by atoms with Gasteiger partial charge in [0, 0.05) is 31.6 Å². The van der Waals surface area contributed by atoms with Crippen LogP contribution in [0.3, 0.4) is 0 Å². The number of carbonyl (C=O) groups is 2. The smallest absolute Gasteiger partial charge is 0.269 e. The third kappa shape index (κ3) is 8.33. The Morgan fingerprint density at radius 1 is 0.867 bits per heavy atom. The lowest BCUT2D eigenvalue weighted by Crippen LogP contribution is -2.53. The van der Waals surface area contributed by atoms with Crippen molar-refractivity contribution in [1.29, 1.82) is 0 Å².